The van der Waals surface area contributed by atoms with Crippen LogP contribution in [0.15, 0.2) is 48.5 Å². The largest absolute Gasteiger partial charge is 0.496 e. The Bertz CT molecular complexity index is 630. The van der Waals surface area contributed by atoms with Gasteiger partial charge in [-0.25, -0.2) is 4.39 Å². The van der Waals surface area contributed by atoms with Crippen LogP contribution in [0.1, 0.15) is 11.1 Å². The minimum atomic E-state index is -2.08. The molecule has 5 heteroatoms. The second-order valence-electron chi connectivity index (χ2n) is 4.29. The van der Waals surface area contributed by atoms with Crippen LogP contribution < -0.4 is 10.5 Å². The number of carbonyl (C=O) groups excluding carboxylic acids is 1. The Morgan fingerprint density at radius 1 is 1.25 bits per heavy atom. The van der Waals surface area contributed by atoms with Crippen LogP contribution in [-0.4, -0.2) is 18.1 Å². The molecule has 0 saturated carbocycles. The first-order chi connectivity index (χ1) is 9.50. The van der Waals surface area contributed by atoms with Crippen molar-refractivity contribution in [3.05, 3.63) is 65.5 Å². The van der Waals surface area contributed by atoms with Gasteiger partial charge in [-0.2, -0.15) is 0 Å². The van der Waals surface area contributed by atoms with E-state index in [1.54, 1.807) is 30.3 Å². The average Bonchev–Trinajstić information content (AvgIpc) is 2.47. The Labute approximate surface area is 115 Å². The Balaban J connectivity index is 2.69. The summed E-state index contributed by atoms with van der Waals surface area (Å²) >= 11 is 0. The van der Waals surface area contributed by atoms with Gasteiger partial charge in [0.25, 0.3) is 5.91 Å². The van der Waals surface area contributed by atoms with E-state index in [4.69, 9.17) is 10.5 Å². The minimum Gasteiger partial charge on any atom is -0.496 e. The van der Waals surface area contributed by atoms with Crippen molar-refractivity contribution in [2.24, 2.45) is 5.73 Å². The lowest BCUT2D eigenvalue weighted by molar-refractivity contribution is -0.133. The predicted molar refractivity (Wildman–Crippen MR) is 71.6 cm³/mol. The number of hydrogen-bond acceptors (Lipinski definition) is 3. The molecule has 4 nitrogen and oxygen atoms in total. The van der Waals surface area contributed by atoms with Crippen molar-refractivity contribution >= 4 is 5.91 Å². The summed E-state index contributed by atoms with van der Waals surface area (Å²) in [6, 6.07) is 11.7. The maximum Gasteiger partial charge on any atom is 0.258 e. The van der Waals surface area contributed by atoms with Gasteiger partial charge in [0.15, 0.2) is 5.60 Å². The van der Waals surface area contributed by atoms with Crippen LogP contribution >= 0.6 is 0 Å². The third kappa shape index (κ3) is 2.23. The lowest BCUT2D eigenvalue weighted by atomic mass is 9.85. The molecule has 0 aliphatic carbocycles. The molecule has 0 saturated heterocycles. The Hall–Kier alpha value is -2.40. The second-order valence-corrected chi connectivity index (χ2v) is 4.29. The van der Waals surface area contributed by atoms with Crippen LogP contribution in [0.4, 0.5) is 4.39 Å². The zero-order chi connectivity index (χ0) is 14.8. The molecule has 0 bridgehead atoms. The number of carbonyl (C=O) groups is 1. The molecule has 2 rings (SSSR count). The molecule has 104 valence electrons. The number of halogens is 1. The molecule has 1 atom stereocenters. The van der Waals surface area contributed by atoms with Crippen LogP contribution in [-0.2, 0) is 10.4 Å². The number of ether oxygens (including phenoxy) is 1. The molecule has 0 spiro atoms. The highest BCUT2D eigenvalue weighted by Gasteiger charge is 2.40. The van der Waals surface area contributed by atoms with E-state index < -0.39 is 17.3 Å². The predicted octanol–water partition coefficient (Wildman–Crippen LogP) is 1.56. The van der Waals surface area contributed by atoms with Gasteiger partial charge in [0, 0.05) is 11.6 Å². The Morgan fingerprint density at radius 3 is 2.45 bits per heavy atom. The number of amides is 1. The number of hydrogen-bond donors (Lipinski definition) is 2. The highest BCUT2D eigenvalue weighted by Crippen LogP contribution is 2.35. The van der Waals surface area contributed by atoms with Crippen LogP contribution in [0, 0.1) is 5.82 Å². The fraction of sp³-hybridized carbons (Fsp3) is 0.133. The number of benzene rings is 2. The standard InChI is InChI=1S/C15H14FNO3/c1-20-13-9-11(16)7-8-12(13)15(19,14(17)18)10-5-3-2-4-6-10/h2-9,19H,1H3,(H2,17,18). The van der Waals surface area contributed by atoms with Gasteiger partial charge in [-0.1, -0.05) is 30.3 Å². The molecule has 0 aliphatic rings. The van der Waals surface area contributed by atoms with Crippen molar-refractivity contribution in [1.29, 1.82) is 0 Å². The van der Waals surface area contributed by atoms with E-state index >= 15 is 0 Å². The summed E-state index contributed by atoms with van der Waals surface area (Å²) in [7, 11) is 1.32. The first kappa shape index (κ1) is 14.0. The van der Waals surface area contributed by atoms with Crippen molar-refractivity contribution in [3.8, 4) is 5.75 Å². The van der Waals surface area contributed by atoms with Gasteiger partial charge in [-0.05, 0) is 17.7 Å². The van der Waals surface area contributed by atoms with Crippen LogP contribution in [0.3, 0.4) is 0 Å². The average molecular weight is 275 g/mol. The quantitative estimate of drug-likeness (QED) is 0.889. The van der Waals surface area contributed by atoms with Crippen molar-refractivity contribution in [2.45, 2.75) is 5.60 Å². The second kappa shape index (κ2) is 5.30. The third-order valence-corrected chi connectivity index (χ3v) is 3.10. The van der Waals surface area contributed by atoms with Gasteiger partial charge < -0.3 is 15.6 Å². The molecule has 1 amide bonds. The minimum absolute atomic E-state index is 0.0511. The number of rotatable bonds is 4. The first-order valence-electron chi connectivity index (χ1n) is 5.92. The fourth-order valence-electron chi connectivity index (χ4n) is 2.07. The monoisotopic (exact) mass is 275 g/mol. The maximum atomic E-state index is 13.2. The molecule has 0 aromatic heterocycles. The molecule has 3 N–H and O–H groups in total. The summed E-state index contributed by atoms with van der Waals surface area (Å²) in [5, 5.41) is 10.8. The maximum absolute atomic E-state index is 13.2. The molecule has 0 heterocycles. The molecular formula is C15H14FNO3. The van der Waals surface area contributed by atoms with Crippen LogP contribution in [0.5, 0.6) is 5.75 Å². The summed E-state index contributed by atoms with van der Waals surface area (Å²) in [5.41, 5.74) is 3.66. The molecule has 20 heavy (non-hydrogen) atoms. The molecule has 1 unspecified atom stereocenters. The highest BCUT2D eigenvalue weighted by molar-refractivity contribution is 5.89. The molecule has 0 fully saturated rings. The van der Waals surface area contributed by atoms with Crippen LogP contribution in [0.25, 0.3) is 0 Å². The molecule has 2 aromatic rings. The van der Waals surface area contributed by atoms with Crippen molar-refractivity contribution in [2.75, 3.05) is 7.11 Å². The van der Waals surface area contributed by atoms with Gasteiger partial charge in [-0.3, -0.25) is 4.79 Å². The Morgan fingerprint density at radius 2 is 1.90 bits per heavy atom. The van der Waals surface area contributed by atoms with E-state index in [1.165, 1.54) is 13.2 Å². The lowest BCUT2D eigenvalue weighted by Crippen LogP contribution is -2.42. The van der Waals surface area contributed by atoms with Crippen LogP contribution in [0.2, 0.25) is 0 Å². The molecule has 2 aromatic carbocycles. The summed E-state index contributed by atoms with van der Waals surface area (Å²) in [5.74, 6) is -1.45. The summed E-state index contributed by atoms with van der Waals surface area (Å²) in [6.07, 6.45) is 0. The van der Waals surface area contributed by atoms with Gasteiger partial charge in [0.05, 0.1) is 7.11 Å². The van der Waals surface area contributed by atoms with Crippen molar-refractivity contribution in [3.63, 3.8) is 0 Å². The molecule has 0 radical (unpaired) electrons. The Kier molecular flexibility index (Phi) is 3.72. The SMILES string of the molecule is COc1cc(F)ccc1C(O)(C(N)=O)c1ccccc1. The first-order valence-corrected chi connectivity index (χ1v) is 5.92. The normalized spacial score (nSPS) is 13.6. The number of nitrogens with two attached hydrogens (primary N) is 1. The summed E-state index contributed by atoms with van der Waals surface area (Å²) in [6.45, 7) is 0. The third-order valence-electron chi connectivity index (χ3n) is 3.10. The number of primary amides is 1. The summed E-state index contributed by atoms with van der Waals surface area (Å²) < 4.78 is 18.3. The number of methoxy groups -OCH3 is 1. The van der Waals surface area contributed by atoms with E-state index in [2.05, 4.69) is 0 Å². The van der Waals surface area contributed by atoms with Gasteiger partial charge in [-0.15, -0.1) is 0 Å². The van der Waals surface area contributed by atoms with E-state index in [0.29, 0.717) is 0 Å². The van der Waals surface area contributed by atoms with E-state index in [-0.39, 0.29) is 16.9 Å². The lowest BCUT2D eigenvalue weighted by Gasteiger charge is -2.27. The van der Waals surface area contributed by atoms with Crippen molar-refractivity contribution in [1.82, 2.24) is 0 Å². The smallest absolute Gasteiger partial charge is 0.258 e. The van der Waals surface area contributed by atoms with E-state index in [0.717, 1.165) is 12.1 Å². The van der Waals surface area contributed by atoms with Gasteiger partial charge in [0.2, 0.25) is 0 Å². The molecular weight excluding hydrogens is 261 g/mol. The zero-order valence-corrected chi connectivity index (χ0v) is 10.8. The molecule has 0 aliphatic heterocycles. The fourth-order valence-corrected chi connectivity index (χ4v) is 2.07. The zero-order valence-electron chi connectivity index (χ0n) is 10.8. The van der Waals surface area contributed by atoms with E-state index in [1.807, 2.05) is 0 Å². The summed E-state index contributed by atoms with van der Waals surface area (Å²) in [4.78, 5) is 11.8. The van der Waals surface area contributed by atoms with Gasteiger partial charge in [0.1, 0.15) is 11.6 Å². The topological polar surface area (TPSA) is 72.6 Å². The van der Waals surface area contributed by atoms with Crippen molar-refractivity contribution < 1.29 is 19.0 Å². The van der Waals surface area contributed by atoms with E-state index in [9.17, 15) is 14.3 Å². The highest BCUT2D eigenvalue weighted by atomic mass is 19.1. The number of aliphatic hydroxyl groups is 1. The van der Waals surface area contributed by atoms with Gasteiger partial charge >= 0.3 is 0 Å².